The molecule has 5 heteroatoms. The molecule has 0 N–H and O–H groups in total. The molecular formula is C7H5BrN4. The largest absolute Gasteiger partial charge is 0.262 e. The van der Waals surface area contributed by atoms with Crippen LogP contribution >= 0.6 is 15.9 Å². The van der Waals surface area contributed by atoms with E-state index in [4.69, 9.17) is 0 Å². The van der Waals surface area contributed by atoms with Crippen LogP contribution in [0.2, 0.25) is 0 Å². The van der Waals surface area contributed by atoms with Gasteiger partial charge in [0.05, 0.1) is 0 Å². The van der Waals surface area contributed by atoms with Crippen molar-refractivity contribution in [2.75, 3.05) is 0 Å². The van der Waals surface area contributed by atoms with Crippen molar-refractivity contribution in [2.24, 2.45) is 0 Å². The number of hydrogen-bond donors (Lipinski definition) is 0. The van der Waals surface area contributed by atoms with Crippen molar-refractivity contribution in [2.45, 2.75) is 0 Å². The Morgan fingerprint density at radius 1 is 1.08 bits per heavy atom. The van der Waals surface area contributed by atoms with Crippen molar-refractivity contribution in [3.8, 4) is 5.95 Å². The highest BCUT2D eigenvalue weighted by Crippen LogP contribution is 2.09. The summed E-state index contributed by atoms with van der Waals surface area (Å²) < 4.78 is 2.45. The minimum absolute atomic E-state index is 0.613. The first-order chi connectivity index (χ1) is 5.88. The molecule has 12 heavy (non-hydrogen) atoms. The van der Waals surface area contributed by atoms with E-state index in [2.05, 4.69) is 30.9 Å². The molecule has 2 rings (SSSR count). The molecule has 0 saturated carbocycles. The number of imidazole rings is 1. The second-order valence-corrected chi connectivity index (χ2v) is 2.82. The van der Waals surface area contributed by atoms with Gasteiger partial charge in [0.2, 0.25) is 5.95 Å². The molecule has 0 aliphatic carbocycles. The molecule has 2 aromatic rings. The van der Waals surface area contributed by atoms with E-state index in [0.717, 1.165) is 0 Å². The molecule has 0 fully saturated rings. The molecule has 0 aromatic carbocycles. The number of halogens is 1. The fraction of sp³-hybridized carbons (Fsp3) is 0. The fourth-order valence-corrected chi connectivity index (χ4v) is 1.25. The summed E-state index contributed by atoms with van der Waals surface area (Å²) >= 11 is 3.27. The maximum absolute atomic E-state index is 4.06. The molecule has 0 unspecified atom stereocenters. The smallest absolute Gasteiger partial charge is 0.235 e. The second kappa shape index (κ2) is 3.02. The van der Waals surface area contributed by atoms with Gasteiger partial charge in [0, 0.05) is 24.8 Å². The summed E-state index contributed by atoms with van der Waals surface area (Å²) in [5.41, 5.74) is 0. The summed E-state index contributed by atoms with van der Waals surface area (Å²) in [6, 6.07) is 1.77. The van der Waals surface area contributed by atoms with Crippen LogP contribution in [-0.2, 0) is 0 Å². The van der Waals surface area contributed by atoms with Gasteiger partial charge in [-0.05, 0) is 22.0 Å². The van der Waals surface area contributed by atoms with Crippen molar-refractivity contribution < 1.29 is 0 Å². The Kier molecular flexibility index (Phi) is 1.87. The van der Waals surface area contributed by atoms with Crippen molar-refractivity contribution in [1.82, 2.24) is 19.5 Å². The zero-order chi connectivity index (χ0) is 8.39. The third kappa shape index (κ3) is 1.23. The summed E-state index contributed by atoms with van der Waals surface area (Å²) in [5, 5.41) is 0. The van der Waals surface area contributed by atoms with Crippen LogP contribution < -0.4 is 0 Å². The van der Waals surface area contributed by atoms with Crippen LogP contribution in [0.5, 0.6) is 0 Å². The Balaban J connectivity index is 2.51. The van der Waals surface area contributed by atoms with Crippen LogP contribution in [0.15, 0.2) is 35.6 Å². The number of rotatable bonds is 1. The van der Waals surface area contributed by atoms with Crippen molar-refractivity contribution >= 4 is 15.9 Å². The Labute approximate surface area is 77.4 Å². The van der Waals surface area contributed by atoms with E-state index >= 15 is 0 Å². The van der Waals surface area contributed by atoms with Crippen molar-refractivity contribution in [1.29, 1.82) is 0 Å². The van der Waals surface area contributed by atoms with Gasteiger partial charge in [0.15, 0.2) is 4.73 Å². The van der Waals surface area contributed by atoms with Crippen LogP contribution in [0.4, 0.5) is 0 Å². The minimum Gasteiger partial charge on any atom is -0.262 e. The first-order valence-corrected chi connectivity index (χ1v) is 4.13. The molecule has 4 nitrogen and oxygen atoms in total. The SMILES string of the molecule is Brc1nccn1-c1ncccn1. The standard InChI is InChI=1S/C7H5BrN4/c8-6-9-4-5-12(6)7-10-2-1-3-11-7/h1-5H. The number of aromatic nitrogens is 4. The van der Waals surface area contributed by atoms with Crippen molar-refractivity contribution in [3.63, 3.8) is 0 Å². The lowest BCUT2D eigenvalue weighted by Gasteiger charge is -1.98. The van der Waals surface area contributed by atoms with E-state index in [9.17, 15) is 0 Å². The monoisotopic (exact) mass is 224 g/mol. The lowest BCUT2D eigenvalue weighted by molar-refractivity contribution is 0.901. The van der Waals surface area contributed by atoms with Crippen LogP contribution in [0.3, 0.4) is 0 Å². The maximum atomic E-state index is 4.06. The normalized spacial score (nSPS) is 10.1. The lowest BCUT2D eigenvalue weighted by atomic mass is 10.7. The molecule has 0 aliphatic rings. The third-order valence-electron chi connectivity index (χ3n) is 1.36. The number of hydrogen-bond acceptors (Lipinski definition) is 3. The molecule has 2 heterocycles. The predicted octanol–water partition coefficient (Wildman–Crippen LogP) is 1.42. The van der Waals surface area contributed by atoms with Gasteiger partial charge in [-0.3, -0.25) is 4.57 Å². The summed E-state index contributed by atoms with van der Waals surface area (Å²) in [5.74, 6) is 0.613. The van der Waals surface area contributed by atoms with E-state index in [1.54, 1.807) is 35.4 Å². The van der Waals surface area contributed by atoms with E-state index in [-0.39, 0.29) is 0 Å². The van der Waals surface area contributed by atoms with Gasteiger partial charge in [-0.1, -0.05) is 0 Å². The highest BCUT2D eigenvalue weighted by atomic mass is 79.9. The quantitative estimate of drug-likeness (QED) is 0.737. The van der Waals surface area contributed by atoms with E-state index in [0.29, 0.717) is 10.7 Å². The Bertz CT molecular complexity index is 370. The van der Waals surface area contributed by atoms with E-state index in [1.807, 2.05) is 0 Å². The van der Waals surface area contributed by atoms with Gasteiger partial charge in [0.1, 0.15) is 0 Å². The Morgan fingerprint density at radius 2 is 1.83 bits per heavy atom. The van der Waals surface area contributed by atoms with Gasteiger partial charge >= 0.3 is 0 Å². The number of nitrogens with zero attached hydrogens (tertiary/aromatic N) is 4. The molecule has 0 radical (unpaired) electrons. The second-order valence-electron chi connectivity index (χ2n) is 2.12. The van der Waals surface area contributed by atoms with Gasteiger partial charge < -0.3 is 0 Å². The molecule has 2 aromatic heterocycles. The molecule has 60 valence electrons. The topological polar surface area (TPSA) is 43.6 Å². The molecule has 0 aliphatic heterocycles. The van der Waals surface area contributed by atoms with Crippen LogP contribution in [0, 0.1) is 0 Å². The first-order valence-electron chi connectivity index (χ1n) is 3.34. The van der Waals surface area contributed by atoms with Crippen LogP contribution in [0.25, 0.3) is 5.95 Å². The zero-order valence-corrected chi connectivity index (χ0v) is 7.64. The average Bonchev–Trinajstić information content (AvgIpc) is 2.53. The highest BCUT2D eigenvalue weighted by molar-refractivity contribution is 9.10. The zero-order valence-electron chi connectivity index (χ0n) is 6.05. The molecule has 0 amide bonds. The Hall–Kier alpha value is -1.23. The predicted molar refractivity (Wildman–Crippen MR) is 46.9 cm³/mol. The maximum Gasteiger partial charge on any atom is 0.235 e. The Morgan fingerprint density at radius 3 is 2.42 bits per heavy atom. The van der Waals surface area contributed by atoms with E-state index < -0.39 is 0 Å². The van der Waals surface area contributed by atoms with Gasteiger partial charge in [-0.15, -0.1) is 0 Å². The summed E-state index contributed by atoms with van der Waals surface area (Å²) in [6.45, 7) is 0. The molecule has 0 spiro atoms. The first kappa shape index (κ1) is 7.42. The van der Waals surface area contributed by atoms with Gasteiger partial charge in [-0.2, -0.15) is 0 Å². The molecule has 0 saturated heterocycles. The summed E-state index contributed by atoms with van der Waals surface area (Å²) in [7, 11) is 0. The van der Waals surface area contributed by atoms with Crippen LogP contribution in [0.1, 0.15) is 0 Å². The minimum atomic E-state index is 0.613. The van der Waals surface area contributed by atoms with E-state index in [1.165, 1.54) is 0 Å². The highest BCUT2D eigenvalue weighted by Gasteiger charge is 2.01. The lowest BCUT2D eigenvalue weighted by Crippen LogP contribution is -1.98. The van der Waals surface area contributed by atoms with Crippen LogP contribution in [-0.4, -0.2) is 19.5 Å². The molecule has 0 bridgehead atoms. The third-order valence-corrected chi connectivity index (χ3v) is 1.95. The molecule has 0 atom stereocenters. The summed E-state index contributed by atoms with van der Waals surface area (Å²) in [6.07, 6.45) is 6.85. The molecular weight excluding hydrogens is 220 g/mol. The fourth-order valence-electron chi connectivity index (χ4n) is 0.850. The van der Waals surface area contributed by atoms with Gasteiger partial charge in [0.25, 0.3) is 0 Å². The average molecular weight is 225 g/mol. The summed E-state index contributed by atoms with van der Waals surface area (Å²) in [4.78, 5) is 12.1. The van der Waals surface area contributed by atoms with Crippen molar-refractivity contribution in [3.05, 3.63) is 35.6 Å². The van der Waals surface area contributed by atoms with Gasteiger partial charge in [-0.25, -0.2) is 15.0 Å².